The van der Waals surface area contributed by atoms with Gasteiger partial charge in [-0.15, -0.1) is 0 Å². The SMILES string of the molecule is CC(C)(C)OC(=O)N1CCN(C(CO)c2ccc(Br)c(F)c2)CC1. The molecule has 0 radical (unpaired) electrons. The zero-order chi connectivity index (χ0) is 17.9. The van der Waals surface area contributed by atoms with Crippen LogP contribution in [0.4, 0.5) is 9.18 Å². The van der Waals surface area contributed by atoms with Crippen molar-refractivity contribution in [3.63, 3.8) is 0 Å². The number of halogens is 2. The maximum absolute atomic E-state index is 13.8. The Morgan fingerprint density at radius 2 is 1.96 bits per heavy atom. The third kappa shape index (κ3) is 4.91. The van der Waals surface area contributed by atoms with E-state index in [-0.39, 0.29) is 24.6 Å². The Bertz CT molecular complexity index is 584. The van der Waals surface area contributed by atoms with E-state index in [0.717, 1.165) is 5.56 Å². The largest absolute Gasteiger partial charge is 0.444 e. The molecule has 24 heavy (non-hydrogen) atoms. The molecule has 1 aromatic rings. The Morgan fingerprint density at radius 3 is 2.46 bits per heavy atom. The number of rotatable bonds is 3. The molecular formula is C17H24BrFN2O3. The van der Waals surface area contributed by atoms with Crippen molar-refractivity contribution in [3.05, 3.63) is 34.1 Å². The smallest absolute Gasteiger partial charge is 0.410 e. The van der Waals surface area contributed by atoms with Crippen LogP contribution in [0.3, 0.4) is 0 Å². The van der Waals surface area contributed by atoms with Crippen molar-refractivity contribution in [2.45, 2.75) is 32.4 Å². The number of carbonyl (C=O) groups is 1. The molecule has 1 aromatic carbocycles. The average Bonchev–Trinajstić information content (AvgIpc) is 2.50. The van der Waals surface area contributed by atoms with Crippen LogP contribution in [0.1, 0.15) is 32.4 Å². The Balaban J connectivity index is 1.99. The number of benzene rings is 1. The highest BCUT2D eigenvalue weighted by atomic mass is 79.9. The number of ether oxygens (including phenoxy) is 1. The Labute approximate surface area is 150 Å². The first kappa shape index (κ1) is 19.1. The van der Waals surface area contributed by atoms with Crippen LogP contribution >= 0.6 is 15.9 Å². The minimum atomic E-state index is -0.517. The van der Waals surface area contributed by atoms with Gasteiger partial charge in [0, 0.05) is 26.2 Å². The molecule has 1 saturated heterocycles. The molecule has 5 nitrogen and oxygen atoms in total. The third-order valence-electron chi connectivity index (χ3n) is 3.91. The number of piperazine rings is 1. The van der Waals surface area contributed by atoms with Gasteiger partial charge >= 0.3 is 6.09 Å². The normalized spacial score (nSPS) is 17.7. The quantitative estimate of drug-likeness (QED) is 0.843. The Kier molecular flexibility index (Phi) is 6.22. The van der Waals surface area contributed by atoms with Gasteiger partial charge in [0.1, 0.15) is 11.4 Å². The Morgan fingerprint density at radius 1 is 1.33 bits per heavy atom. The highest BCUT2D eigenvalue weighted by molar-refractivity contribution is 9.10. The van der Waals surface area contributed by atoms with E-state index in [0.29, 0.717) is 30.7 Å². The minimum absolute atomic E-state index is 0.104. The molecule has 0 bridgehead atoms. The topological polar surface area (TPSA) is 53.0 Å². The van der Waals surface area contributed by atoms with E-state index < -0.39 is 5.60 Å². The lowest BCUT2D eigenvalue weighted by atomic mass is 10.0. The van der Waals surface area contributed by atoms with Crippen molar-refractivity contribution in [2.24, 2.45) is 0 Å². The van der Waals surface area contributed by atoms with Crippen LogP contribution < -0.4 is 0 Å². The molecular weight excluding hydrogens is 379 g/mol. The second kappa shape index (κ2) is 7.80. The van der Waals surface area contributed by atoms with E-state index in [2.05, 4.69) is 20.8 Å². The van der Waals surface area contributed by atoms with Crippen LogP contribution in [0.5, 0.6) is 0 Å². The summed E-state index contributed by atoms with van der Waals surface area (Å²) < 4.78 is 19.5. The number of aliphatic hydroxyl groups excluding tert-OH is 1. The average molecular weight is 403 g/mol. The molecule has 1 aliphatic rings. The van der Waals surface area contributed by atoms with Crippen LogP contribution in [-0.4, -0.2) is 59.4 Å². The van der Waals surface area contributed by atoms with Crippen LogP contribution in [0.25, 0.3) is 0 Å². The zero-order valence-corrected chi connectivity index (χ0v) is 15.8. The molecule has 0 aromatic heterocycles. The standard InChI is InChI=1S/C17H24BrFN2O3/c1-17(2,3)24-16(23)21-8-6-20(7-9-21)15(11-22)12-4-5-13(18)14(19)10-12/h4-5,10,15,22H,6-9,11H2,1-3H3. The maximum Gasteiger partial charge on any atom is 0.410 e. The molecule has 0 aliphatic carbocycles. The van der Waals surface area contributed by atoms with E-state index in [1.165, 1.54) is 6.07 Å². The van der Waals surface area contributed by atoms with E-state index in [1.54, 1.807) is 17.0 Å². The molecule has 1 unspecified atom stereocenters. The van der Waals surface area contributed by atoms with E-state index in [1.807, 2.05) is 20.8 Å². The molecule has 1 aliphatic heterocycles. The van der Waals surface area contributed by atoms with Gasteiger partial charge in [-0.05, 0) is 54.4 Å². The van der Waals surface area contributed by atoms with Gasteiger partial charge in [0.25, 0.3) is 0 Å². The summed E-state index contributed by atoms with van der Waals surface area (Å²) >= 11 is 3.13. The maximum atomic E-state index is 13.8. The lowest BCUT2D eigenvalue weighted by molar-refractivity contribution is 0.00656. The van der Waals surface area contributed by atoms with Crippen LogP contribution in [0.15, 0.2) is 22.7 Å². The molecule has 1 N–H and O–H groups in total. The van der Waals surface area contributed by atoms with Gasteiger partial charge in [0.15, 0.2) is 0 Å². The molecule has 0 spiro atoms. The lowest BCUT2D eigenvalue weighted by Crippen LogP contribution is -2.51. The highest BCUT2D eigenvalue weighted by Gasteiger charge is 2.29. The third-order valence-corrected chi connectivity index (χ3v) is 4.55. The first-order valence-electron chi connectivity index (χ1n) is 7.99. The summed E-state index contributed by atoms with van der Waals surface area (Å²) in [4.78, 5) is 15.8. The summed E-state index contributed by atoms with van der Waals surface area (Å²) in [6, 6.07) is 4.59. The summed E-state index contributed by atoms with van der Waals surface area (Å²) in [6.45, 7) is 7.65. The van der Waals surface area contributed by atoms with Crippen molar-refractivity contribution in [2.75, 3.05) is 32.8 Å². The van der Waals surface area contributed by atoms with Gasteiger partial charge in [0.05, 0.1) is 17.1 Å². The predicted octanol–water partition coefficient (Wildman–Crippen LogP) is 3.17. The van der Waals surface area contributed by atoms with Gasteiger partial charge < -0.3 is 14.7 Å². The molecule has 1 amide bonds. The number of amides is 1. The van der Waals surface area contributed by atoms with Crippen molar-refractivity contribution < 1.29 is 19.0 Å². The fourth-order valence-electron chi connectivity index (χ4n) is 2.69. The van der Waals surface area contributed by atoms with E-state index in [4.69, 9.17) is 4.74 Å². The molecule has 7 heteroatoms. The van der Waals surface area contributed by atoms with E-state index in [9.17, 15) is 14.3 Å². The van der Waals surface area contributed by atoms with Gasteiger partial charge in [-0.3, -0.25) is 4.90 Å². The van der Waals surface area contributed by atoms with E-state index >= 15 is 0 Å². The zero-order valence-electron chi connectivity index (χ0n) is 14.3. The monoisotopic (exact) mass is 402 g/mol. The molecule has 1 heterocycles. The molecule has 1 atom stereocenters. The first-order valence-corrected chi connectivity index (χ1v) is 8.78. The summed E-state index contributed by atoms with van der Waals surface area (Å²) in [5.41, 5.74) is 0.209. The van der Waals surface area contributed by atoms with Crippen molar-refractivity contribution in [3.8, 4) is 0 Å². The first-order chi connectivity index (χ1) is 11.2. The number of hydrogen-bond acceptors (Lipinski definition) is 4. The van der Waals surface area contributed by atoms with Gasteiger partial charge in [-0.2, -0.15) is 0 Å². The van der Waals surface area contributed by atoms with Gasteiger partial charge in [-0.25, -0.2) is 9.18 Å². The molecule has 1 fully saturated rings. The number of nitrogens with zero attached hydrogens (tertiary/aromatic N) is 2. The number of aliphatic hydroxyl groups is 1. The summed E-state index contributed by atoms with van der Waals surface area (Å²) in [5.74, 6) is -0.349. The molecule has 134 valence electrons. The highest BCUT2D eigenvalue weighted by Crippen LogP contribution is 2.26. The van der Waals surface area contributed by atoms with Gasteiger partial charge in [-0.1, -0.05) is 6.07 Å². The predicted molar refractivity (Wildman–Crippen MR) is 93.3 cm³/mol. The van der Waals surface area contributed by atoms with Crippen molar-refractivity contribution >= 4 is 22.0 Å². The van der Waals surface area contributed by atoms with Crippen LogP contribution in [0, 0.1) is 5.82 Å². The van der Waals surface area contributed by atoms with Crippen LogP contribution in [0.2, 0.25) is 0 Å². The second-order valence-corrected chi connectivity index (χ2v) is 7.73. The lowest BCUT2D eigenvalue weighted by Gasteiger charge is -2.39. The number of carbonyl (C=O) groups excluding carboxylic acids is 1. The summed E-state index contributed by atoms with van der Waals surface area (Å²) in [5, 5.41) is 9.74. The van der Waals surface area contributed by atoms with Crippen molar-refractivity contribution in [1.82, 2.24) is 9.80 Å². The van der Waals surface area contributed by atoms with Gasteiger partial charge in [0.2, 0.25) is 0 Å². The fraction of sp³-hybridized carbons (Fsp3) is 0.588. The van der Waals surface area contributed by atoms with Crippen molar-refractivity contribution in [1.29, 1.82) is 0 Å². The second-order valence-electron chi connectivity index (χ2n) is 6.88. The Hall–Kier alpha value is -1.18. The minimum Gasteiger partial charge on any atom is -0.444 e. The number of hydrogen-bond donors (Lipinski definition) is 1. The summed E-state index contributed by atoms with van der Waals surface area (Å²) in [6.07, 6.45) is -0.322. The fourth-order valence-corrected chi connectivity index (χ4v) is 2.94. The summed E-state index contributed by atoms with van der Waals surface area (Å²) in [7, 11) is 0. The molecule has 0 saturated carbocycles. The molecule has 2 rings (SSSR count). The van der Waals surface area contributed by atoms with Crippen LogP contribution in [-0.2, 0) is 4.74 Å².